The van der Waals surface area contributed by atoms with Crippen LogP contribution in [0.3, 0.4) is 0 Å². The number of benzene rings is 1. The lowest BCUT2D eigenvalue weighted by Gasteiger charge is -2.10. The average Bonchev–Trinajstić information content (AvgIpc) is 2.21. The van der Waals surface area contributed by atoms with E-state index in [1.54, 1.807) is 6.92 Å². The Morgan fingerprint density at radius 1 is 1.47 bits per heavy atom. The molecule has 7 heteroatoms. The Morgan fingerprint density at radius 2 is 2.12 bits per heavy atom. The fraction of sp³-hybridized carbons (Fsp3) is 0.200. The lowest BCUT2D eigenvalue weighted by atomic mass is 10.3. The molecule has 5 N–H and O–H groups in total. The van der Waals surface area contributed by atoms with Gasteiger partial charge in [0.25, 0.3) is 0 Å². The van der Waals surface area contributed by atoms with Crippen LogP contribution >= 0.6 is 11.8 Å². The summed E-state index contributed by atoms with van der Waals surface area (Å²) in [4.78, 5) is 22.1. The van der Waals surface area contributed by atoms with E-state index in [4.69, 9.17) is 11.5 Å². The number of carbonyl (C=O) groups is 2. The smallest absolute Gasteiger partial charge is 0.318 e. The van der Waals surface area contributed by atoms with E-state index in [0.717, 1.165) is 11.8 Å². The van der Waals surface area contributed by atoms with Crippen molar-refractivity contribution >= 4 is 29.4 Å². The first kappa shape index (κ1) is 13.3. The largest absolute Gasteiger partial charge is 0.399 e. The number of carbonyl (C=O) groups excluding carboxylic acids is 2. The van der Waals surface area contributed by atoms with Gasteiger partial charge < -0.3 is 11.5 Å². The van der Waals surface area contributed by atoms with Gasteiger partial charge in [0, 0.05) is 10.6 Å². The lowest BCUT2D eigenvalue weighted by Crippen LogP contribution is -2.39. The van der Waals surface area contributed by atoms with Crippen molar-refractivity contribution in [3.8, 4) is 0 Å². The van der Waals surface area contributed by atoms with Crippen molar-refractivity contribution in [2.24, 2.45) is 5.73 Å². The van der Waals surface area contributed by atoms with Crippen molar-refractivity contribution in [2.45, 2.75) is 17.1 Å². The molecule has 0 aromatic heterocycles. The Bertz CT molecular complexity index is 453. The number of hydrogen-bond acceptors (Lipinski definition) is 4. The molecule has 17 heavy (non-hydrogen) atoms. The minimum absolute atomic E-state index is 0.284. The van der Waals surface area contributed by atoms with Gasteiger partial charge in [0.1, 0.15) is 5.82 Å². The highest BCUT2D eigenvalue weighted by Gasteiger charge is 2.17. The zero-order chi connectivity index (χ0) is 13.0. The molecule has 1 unspecified atom stereocenters. The van der Waals surface area contributed by atoms with Crippen LogP contribution in [0.5, 0.6) is 0 Å². The van der Waals surface area contributed by atoms with Gasteiger partial charge in [0.2, 0.25) is 5.91 Å². The third-order valence-corrected chi connectivity index (χ3v) is 3.03. The van der Waals surface area contributed by atoms with Crippen LogP contribution < -0.4 is 16.8 Å². The molecule has 0 radical (unpaired) electrons. The van der Waals surface area contributed by atoms with Gasteiger partial charge >= 0.3 is 6.03 Å². The van der Waals surface area contributed by atoms with E-state index in [1.807, 2.05) is 5.32 Å². The first-order valence-corrected chi connectivity index (χ1v) is 5.60. The summed E-state index contributed by atoms with van der Waals surface area (Å²) < 4.78 is 13.4. The topological polar surface area (TPSA) is 98.2 Å². The molecule has 1 rings (SSSR count). The maximum atomic E-state index is 13.4. The lowest BCUT2D eigenvalue weighted by molar-refractivity contribution is -0.119. The van der Waals surface area contributed by atoms with Crippen LogP contribution in [0.2, 0.25) is 0 Å². The number of halogens is 1. The maximum Gasteiger partial charge on any atom is 0.318 e. The summed E-state index contributed by atoms with van der Waals surface area (Å²) in [5.74, 6) is -1.08. The molecule has 0 spiro atoms. The second kappa shape index (κ2) is 5.53. The van der Waals surface area contributed by atoms with E-state index < -0.39 is 23.0 Å². The maximum absolute atomic E-state index is 13.4. The second-order valence-corrected chi connectivity index (χ2v) is 4.69. The van der Waals surface area contributed by atoms with E-state index in [1.165, 1.54) is 18.2 Å². The zero-order valence-electron chi connectivity index (χ0n) is 9.07. The first-order valence-electron chi connectivity index (χ1n) is 4.72. The second-order valence-electron chi connectivity index (χ2n) is 3.30. The molecule has 0 aliphatic carbocycles. The third-order valence-electron chi connectivity index (χ3n) is 1.88. The molecule has 1 atom stereocenters. The third kappa shape index (κ3) is 3.95. The fourth-order valence-corrected chi connectivity index (χ4v) is 1.94. The van der Waals surface area contributed by atoms with E-state index in [-0.39, 0.29) is 4.90 Å². The minimum atomic E-state index is -0.930. The summed E-state index contributed by atoms with van der Waals surface area (Å²) in [6, 6.07) is 3.24. The molecule has 5 nitrogen and oxygen atoms in total. The van der Waals surface area contributed by atoms with Crippen LogP contribution in [0.25, 0.3) is 0 Å². The van der Waals surface area contributed by atoms with Gasteiger partial charge in [-0.2, -0.15) is 0 Å². The van der Waals surface area contributed by atoms with Crippen LogP contribution in [0.1, 0.15) is 6.92 Å². The van der Waals surface area contributed by atoms with Gasteiger partial charge in [-0.1, -0.05) is 0 Å². The van der Waals surface area contributed by atoms with E-state index in [2.05, 4.69) is 0 Å². The summed E-state index contributed by atoms with van der Waals surface area (Å²) in [5, 5.41) is 1.29. The SMILES string of the molecule is CC(Sc1ccc(N)cc1F)C(=O)NC(N)=O. The normalized spacial score (nSPS) is 11.9. The molecule has 0 fully saturated rings. The van der Waals surface area contributed by atoms with Crippen LogP contribution in [0, 0.1) is 5.82 Å². The number of nitrogens with one attached hydrogen (secondary N) is 1. The van der Waals surface area contributed by atoms with Crippen LogP contribution in [0.4, 0.5) is 14.9 Å². The summed E-state index contributed by atoms with van der Waals surface area (Å²) in [7, 11) is 0. The van der Waals surface area contributed by atoms with Crippen molar-refractivity contribution in [1.82, 2.24) is 5.32 Å². The predicted molar refractivity (Wildman–Crippen MR) is 63.9 cm³/mol. The van der Waals surface area contributed by atoms with Gasteiger partial charge in [-0.3, -0.25) is 10.1 Å². The highest BCUT2D eigenvalue weighted by Crippen LogP contribution is 2.27. The first-order chi connectivity index (χ1) is 7.90. The molecule has 0 aliphatic rings. The van der Waals surface area contributed by atoms with Gasteiger partial charge in [0.15, 0.2) is 0 Å². The number of nitrogens with two attached hydrogens (primary N) is 2. The number of anilines is 1. The van der Waals surface area contributed by atoms with Crippen LogP contribution in [0.15, 0.2) is 23.1 Å². The Hall–Kier alpha value is -1.76. The number of amides is 3. The van der Waals surface area contributed by atoms with Gasteiger partial charge in [-0.15, -0.1) is 11.8 Å². The molecule has 0 bridgehead atoms. The minimum Gasteiger partial charge on any atom is -0.399 e. The van der Waals surface area contributed by atoms with Crippen molar-refractivity contribution in [2.75, 3.05) is 5.73 Å². The highest BCUT2D eigenvalue weighted by molar-refractivity contribution is 8.00. The summed E-state index contributed by atoms with van der Waals surface area (Å²) in [6.45, 7) is 1.54. The Kier molecular flexibility index (Phi) is 4.33. The van der Waals surface area contributed by atoms with Gasteiger partial charge in [-0.25, -0.2) is 9.18 Å². The number of primary amides is 1. The number of nitrogen functional groups attached to an aromatic ring is 1. The standard InChI is InChI=1S/C10H12FN3O2S/c1-5(9(15)14-10(13)16)17-8-3-2-6(12)4-7(8)11/h2-5H,12H2,1H3,(H3,13,14,15,16). The zero-order valence-corrected chi connectivity index (χ0v) is 9.88. The number of urea groups is 1. The molecule has 0 heterocycles. The van der Waals surface area contributed by atoms with Crippen molar-refractivity contribution < 1.29 is 14.0 Å². The van der Waals surface area contributed by atoms with E-state index in [9.17, 15) is 14.0 Å². The molecule has 0 saturated carbocycles. The molecule has 1 aromatic rings. The van der Waals surface area contributed by atoms with E-state index in [0.29, 0.717) is 5.69 Å². The fourth-order valence-electron chi connectivity index (χ4n) is 1.08. The van der Waals surface area contributed by atoms with Crippen LogP contribution in [-0.4, -0.2) is 17.2 Å². The molecule has 1 aromatic carbocycles. The Balaban J connectivity index is 2.70. The Labute approximate surface area is 102 Å². The van der Waals surface area contributed by atoms with Gasteiger partial charge in [0.05, 0.1) is 5.25 Å². The summed E-state index contributed by atoms with van der Waals surface area (Å²) in [6.07, 6.45) is 0. The molecular weight excluding hydrogens is 245 g/mol. The summed E-state index contributed by atoms with van der Waals surface area (Å²) >= 11 is 0.979. The summed E-state index contributed by atoms with van der Waals surface area (Å²) in [5.41, 5.74) is 10.5. The monoisotopic (exact) mass is 257 g/mol. The molecule has 3 amide bonds. The molecule has 0 aliphatic heterocycles. The number of rotatable bonds is 3. The predicted octanol–water partition coefficient (Wildman–Crippen LogP) is 1.08. The van der Waals surface area contributed by atoms with Crippen molar-refractivity contribution in [3.05, 3.63) is 24.0 Å². The van der Waals surface area contributed by atoms with Crippen molar-refractivity contribution in [3.63, 3.8) is 0 Å². The quantitative estimate of drug-likeness (QED) is 0.557. The van der Waals surface area contributed by atoms with E-state index >= 15 is 0 Å². The van der Waals surface area contributed by atoms with Gasteiger partial charge in [-0.05, 0) is 25.1 Å². The van der Waals surface area contributed by atoms with Crippen LogP contribution in [-0.2, 0) is 4.79 Å². The Morgan fingerprint density at radius 3 is 2.65 bits per heavy atom. The average molecular weight is 257 g/mol. The molecule has 0 saturated heterocycles. The molecular formula is C10H12FN3O2S. The highest BCUT2D eigenvalue weighted by atomic mass is 32.2. The number of imide groups is 1. The molecule has 92 valence electrons. The number of hydrogen-bond donors (Lipinski definition) is 3. The number of thioether (sulfide) groups is 1. The van der Waals surface area contributed by atoms with Crippen molar-refractivity contribution in [1.29, 1.82) is 0 Å².